The van der Waals surface area contributed by atoms with Gasteiger partial charge >= 0.3 is 5.97 Å². The SMILES string of the molecule is CC(C)(C)CNC(=O)CCOCCOCCOCCOCCOCCOCCC(=O)O. The van der Waals surface area contributed by atoms with Gasteiger partial charge in [-0.15, -0.1) is 0 Å². The Morgan fingerprint density at radius 3 is 1.26 bits per heavy atom. The molecule has 0 aliphatic heterocycles. The van der Waals surface area contributed by atoms with Crippen molar-refractivity contribution in [3.8, 4) is 0 Å². The van der Waals surface area contributed by atoms with Crippen molar-refractivity contribution in [1.82, 2.24) is 5.32 Å². The number of amides is 1. The molecule has 0 rings (SSSR count). The van der Waals surface area contributed by atoms with Crippen molar-refractivity contribution in [3.63, 3.8) is 0 Å². The van der Waals surface area contributed by atoms with E-state index in [0.717, 1.165) is 0 Å². The van der Waals surface area contributed by atoms with E-state index in [1.807, 2.05) is 0 Å². The quantitative estimate of drug-likeness (QED) is 0.233. The van der Waals surface area contributed by atoms with Crippen LogP contribution in [-0.4, -0.2) is 103 Å². The molecule has 0 saturated carbocycles. The molecule has 0 aromatic heterocycles. The molecular formula is C21H41NO9. The summed E-state index contributed by atoms with van der Waals surface area (Å²) >= 11 is 0. The Labute approximate surface area is 185 Å². The van der Waals surface area contributed by atoms with Crippen molar-refractivity contribution < 1.29 is 43.1 Å². The average Bonchev–Trinajstić information content (AvgIpc) is 2.70. The number of nitrogens with one attached hydrogen (secondary N) is 1. The van der Waals surface area contributed by atoms with E-state index in [4.69, 9.17) is 33.5 Å². The molecule has 0 unspecified atom stereocenters. The van der Waals surface area contributed by atoms with Gasteiger partial charge in [0.25, 0.3) is 0 Å². The number of carboxylic acids is 1. The first-order chi connectivity index (χ1) is 14.8. The van der Waals surface area contributed by atoms with Crippen molar-refractivity contribution in [1.29, 1.82) is 0 Å². The lowest BCUT2D eigenvalue weighted by Gasteiger charge is -2.18. The molecule has 0 aromatic rings. The number of carbonyl (C=O) groups is 2. The topological polar surface area (TPSA) is 122 Å². The van der Waals surface area contributed by atoms with Gasteiger partial charge in [-0.05, 0) is 5.41 Å². The summed E-state index contributed by atoms with van der Waals surface area (Å²) in [5.41, 5.74) is 0.0786. The molecule has 10 heteroatoms. The van der Waals surface area contributed by atoms with E-state index < -0.39 is 5.97 Å². The van der Waals surface area contributed by atoms with Gasteiger partial charge in [0.05, 0.1) is 85.7 Å². The first kappa shape index (κ1) is 29.7. The highest BCUT2D eigenvalue weighted by Crippen LogP contribution is 2.10. The van der Waals surface area contributed by atoms with Crippen molar-refractivity contribution in [2.45, 2.75) is 33.6 Å². The van der Waals surface area contributed by atoms with E-state index in [9.17, 15) is 9.59 Å². The molecule has 0 radical (unpaired) electrons. The third kappa shape index (κ3) is 26.7. The van der Waals surface area contributed by atoms with Gasteiger partial charge in [-0.1, -0.05) is 20.8 Å². The fourth-order valence-electron chi connectivity index (χ4n) is 1.98. The summed E-state index contributed by atoms with van der Waals surface area (Å²) in [5.74, 6) is -0.873. The van der Waals surface area contributed by atoms with E-state index in [1.54, 1.807) is 0 Å². The minimum Gasteiger partial charge on any atom is -0.481 e. The molecule has 184 valence electrons. The molecule has 2 N–H and O–H groups in total. The Bertz CT molecular complexity index is 441. The Morgan fingerprint density at radius 1 is 0.613 bits per heavy atom. The molecule has 1 amide bonds. The highest BCUT2D eigenvalue weighted by atomic mass is 16.6. The fourth-order valence-corrected chi connectivity index (χ4v) is 1.98. The number of rotatable bonds is 22. The predicted octanol–water partition coefficient (Wildman–Crippen LogP) is 1.11. The summed E-state index contributed by atoms with van der Waals surface area (Å²) < 4.78 is 31.9. The summed E-state index contributed by atoms with van der Waals surface area (Å²) in [6.07, 6.45) is 0.352. The van der Waals surface area contributed by atoms with Crippen LogP contribution in [0.3, 0.4) is 0 Å². The maximum atomic E-state index is 11.6. The standard InChI is InChI=1S/C21H41NO9/c1-21(2,3)18-22-19(23)4-6-26-8-10-28-12-14-30-16-17-31-15-13-29-11-9-27-7-5-20(24)25/h4-18H2,1-3H3,(H,22,23)(H,24,25). The molecule has 0 bridgehead atoms. The van der Waals surface area contributed by atoms with Gasteiger partial charge in [-0.3, -0.25) is 9.59 Å². The number of carbonyl (C=O) groups excluding carboxylic acids is 1. The lowest BCUT2D eigenvalue weighted by Crippen LogP contribution is -2.32. The van der Waals surface area contributed by atoms with Gasteiger partial charge in [-0.2, -0.15) is 0 Å². The predicted molar refractivity (Wildman–Crippen MR) is 114 cm³/mol. The van der Waals surface area contributed by atoms with Gasteiger partial charge in [0, 0.05) is 13.0 Å². The van der Waals surface area contributed by atoms with Crippen LogP contribution in [0.25, 0.3) is 0 Å². The second-order valence-corrected chi connectivity index (χ2v) is 7.91. The summed E-state index contributed by atoms with van der Waals surface area (Å²) in [6.45, 7) is 11.9. The highest BCUT2D eigenvalue weighted by Gasteiger charge is 2.11. The molecule has 31 heavy (non-hydrogen) atoms. The number of aliphatic carboxylic acids is 1. The maximum absolute atomic E-state index is 11.6. The molecule has 0 aromatic carbocycles. The summed E-state index contributed by atoms with van der Waals surface area (Å²) in [5, 5.41) is 11.3. The number of hydrogen-bond acceptors (Lipinski definition) is 8. The third-order valence-electron chi connectivity index (χ3n) is 3.61. The van der Waals surface area contributed by atoms with Crippen LogP contribution in [0, 0.1) is 5.41 Å². The van der Waals surface area contributed by atoms with Gasteiger partial charge < -0.3 is 38.8 Å². The minimum atomic E-state index is -0.873. The van der Waals surface area contributed by atoms with Crippen molar-refractivity contribution in [2.24, 2.45) is 5.41 Å². The largest absolute Gasteiger partial charge is 0.481 e. The first-order valence-corrected chi connectivity index (χ1v) is 10.8. The Hall–Kier alpha value is -1.30. The van der Waals surface area contributed by atoms with Gasteiger partial charge in [0.15, 0.2) is 0 Å². The molecule has 0 aliphatic rings. The van der Waals surface area contributed by atoms with Gasteiger partial charge in [-0.25, -0.2) is 0 Å². The smallest absolute Gasteiger partial charge is 0.305 e. The second-order valence-electron chi connectivity index (χ2n) is 7.91. The van der Waals surface area contributed by atoms with E-state index >= 15 is 0 Å². The molecule has 0 spiro atoms. The van der Waals surface area contributed by atoms with Crippen LogP contribution in [0.1, 0.15) is 33.6 Å². The zero-order valence-corrected chi connectivity index (χ0v) is 19.3. The van der Waals surface area contributed by atoms with E-state index in [-0.39, 0.29) is 24.3 Å². The zero-order valence-electron chi connectivity index (χ0n) is 19.3. The lowest BCUT2D eigenvalue weighted by molar-refractivity contribution is -0.138. The molecule has 0 atom stereocenters. The van der Waals surface area contributed by atoms with E-state index in [1.165, 1.54) is 0 Å². The van der Waals surface area contributed by atoms with Crippen LogP contribution in [0.2, 0.25) is 0 Å². The van der Waals surface area contributed by atoms with Crippen LogP contribution in [0.15, 0.2) is 0 Å². The molecule has 0 saturated heterocycles. The van der Waals surface area contributed by atoms with E-state index in [2.05, 4.69) is 26.1 Å². The molecule has 0 heterocycles. The Kier molecular flexibility index (Phi) is 19.7. The summed E-state index contributed by atoms with van der Waals surface area (Å²) in [6, 6.07) is 0. The minimum absolute atomic E-state index is 0.0000219. The Morgan fingerprint density at radius 2 is 0.935 bits per heavy atom. The lowest BCUT2D eigenvalue weighted by atomic mass is 9.97. The van der Waals surface area contributed by atoms with Crippen molar-refractivity contribution in [3.05, 3.63) is 0 Å². The van der Waals surface area contributed by atoms with Gasteiger partial charge in [0.2, 0.25) is 5.91 Å². The molecule has 0 fully saturated rings. The monoisotopic (exact) mass is 451 g/mol. The van der Waals surface area contributed by atoms with Crippen molar-refractivity contribution in [2.75, 3.05) is 85.8 Å². The third-order valence-corrected chi connectivity index (χ3v) is 3.61. The molecule has 0 aliphatic carbocycles. The first-order valence-electron chi connectivity index (χ1n) is 10.8. The zero-order chi connectivity index (χ0) is 23.2. The molecular weight excluding hydrogens is 410 g/mol. The van der Waals surface area contributed by atoms with Crippen LogP contribution < -0.4 is 5.32 Å². The second kappa shape index (κ2) is 20.6. The van der Waals surface area contributed by atoms with Crippen LogP contribution in [-0.2, 0) is 38.0 Å². The van der Waals surface area contributed by atoms with E-state index in [0.29, 0.717) is 85.6 Å². The van der Waals surface area contributed by atoms with Crippen molar-refractivity contribution >= 4 is 11.9 Å². The Balaban J connectivity index is 3.14. The molecule has 10 nitrogen and oxygen atoms in total. The number of hydrogen-bond donors (Lipinski definition) is 2. The normalized spacial score (nSPS) is 11.6. The fraction of sp³-hybridized carbons (Fsp3) is 0.905. The van der Waals surface area contributed by atoms with Crippen LogP contribution in [0.4, 0.5) is 0 Å². The summed E-state index contributed by atoms with van der Waals surface area (Å²) in [7, 11) is 0. The van der Waals surface area contributed by atoms with Crippen LogP contribution >= 0.6 is 0 Å². The number of carboxylic acid groups (broad SMARTS) is 1. The number of ether oxygens (including phenoxy) is 6. The highest BCUT2D eigenvalue weighted by molar-refractivity contribution is 5.75. The summed E-state index contributed by atoms with van der Waals surface area (Å²) in [4.78, 5) is 21.9. The van der Waals surface area contributed by atoms with Gasteiger partial charge in [0.1, 0.15) is 0 Å². The average molecular weight is 452 g/mol. The van der Waals surface area contributed by atoms with Crippen LogP contribution in [0.5, 0.6) is 0 Å². The maximum Gasteiger partial charge on any atom is 0.305 e.